The maximum absolute atomic E-state index is 11.4. The van der Waals surface area contributed by atoms with Gasteiger partial charge in [-0.25, -0.2) is 4.79 Å². The first-order chi connectivity index (χ1) is 9.02. The van der Waals surface area contributed by atoms with E-state index in [2.05, 4.69) is 10.6 Å². The Bertz CT molecular complexity index is 485. The van der Waals surface area contributed by atoms with E-state index in [1.165, 1.54) is 6.92 Å². The van der Waals surface area contributed by atoms with Gasteiger partial charge in [0.1, 0.15) is 5.75 Å². The summed E-state index contributed by atoms with van der Waals surface area (Å²) in [6, 6.07) is 5.93. The molecule has 0 atom stereocenters. The molecule has 102 valence electrons. The van der Waals surface area contributed by atoms with Crippen LogP contribution >= 0.6 is 0 Å². The topological polar surface area (TPSA) is 84.5 Å². The molecular weight excluding hydrogens is 248 g/mol. The lowest BCUT2D eigenvalue weighted by Crippen LogP contribution is -2.41. The first-order valence-electron chi connectivity index (χ1n) is 5.84. The fourth-order valence-corrected chi connectivity index (χ4v) is 1.32. The lowest BCUT2D eigenvalue weighted by atomic mass is 10.1. The number of rotatable bonds is 5. The van der Waals surface area contributed by atoms with Gasteiger partial charge in [-0.1, -0.05) is 12.1 Å². The first kappa shape index (κ1) is 14.7. The van der Waals surface area contributed by atoms with Crippen LogP contribution in [0, 0.1) is 0 Å². The minimum absolute atomic E-state index is 0.0859. The second-order valence-electron chi connectivity index (χ2n) is 3.78. The predicted octanol–water partition coefficient (Wildman–Crippen LogP) is 1.11. The van der Waals surface area contributed by atoms with Crippen LogP contribution in [0.15, 0.2) is 24.3 Å². The molecule has 0 radical (unpaired) electrons. The van der Waals surface area contributed by atoms with Crippen LogP contribution < -0.4 is 15.4 Å². The van der Waals surface area contributed by atoms with E-state index in [4.69, 9.17) is 4.74 Å². The average Bonchev–Trinajstić information content (AvgIpc) is 2.37. The van der Waals surface area contributed by atoms with Crippen LogP contribution in [0.5, 0.6) is 5.75 Å². The molecule has 6 nitrogen and oxygen atoms in total. The van der Waals surface area contributed by atoms with E-state index in [1.807, 2.05) is 0 Å². The molecule has 0 fully saturated rings. The van der Waals surface area contributed by atoms with Gasteiger partial charge in [0, 0.05) is 12.1 Å². The molecule has 0 heterocycles. The van der Waals surface area contributed by atoms with Crippen LogP contribution in [-0.4, -0.2) is 30.9 Å². The van der Waals surface area contributed by atoms with Gasteiger partial charge in [-0.2, -0.15) is 0 Å². The van der Waals surface area contributed by atoms with Gasteiger partial charge in [-0.05, 0) is 26.0 Å². The molecule has 1 aromatic rings. The lowest BCUT2D eigenvalue weighted by molar-refractivity contribution is -0.122. The number of benzene rings is 1. The first-order valence-corrected chi connectivity index (χ1v) is 5.84. The monoisotopic (exact) mass is 264 g/mol. The molecule has 0 unspecified atom stereocenters. The fourth-order valence-electron chi connectivity index (χ4n) is 1.32. The van der Waals surface area contributed by atoms with Gasteiger partial charge >= 0.3 is 6.03 Å². The van der Waals surface area contributed by atoms with Gasteiger partial charge in [0.2, 0.25) is 0 Å². The van der Waals surface area contributed by atoms with Gasteiger partial charge in [-0.3, -0.25) is 14.9 Å². The Morgan fingerprint density at radius 2 is 2.00 bits per heavy atom. The van der Waals surface area contributed by atoms with Crippen molar-refractivity contribution >= 4 is 17.7 Å². The molecule has 0 saturated heterocycles. The van der Waals surface area contributed by atoms with Crippen molar-refractivity contribution in [3.05, 3.63) is 29.8 Å². The highest BCUT2D eigenvalue weighted by Gasteiger charge is 2.08. The standard InChI is InChI=1S/C13H16N2O4/c1-3-14-13(18)15-12(17)8-19-11-6-4-5-10(7-11)9(2)16/h4-7H,3,8H2,1-2H3,(H2,14,15,17,18). The number of ketones is 1. The Balaban J connectivity index is 2.48. The summed E-state index contributed by atoms with van der Waals surface area (Å²) < 4.78 is 5.19. The Labute approximate surface area is 111 Å². The number of imide groups is 1. The molecule has 0 aliphatic rings. The number of hydrogen-bond acceptors (Lipinski definition) is 4. The summed E-state index contributed by atoms with van der Waals surface area (Å²) in [6.45, 7) is 3.33. The number of amides is 3. The maximum Gasteiger partial charge on any atom is 0.321 e. The minimum atomic E-state index is -0.561. The molecule has 0 aliphatic carbocycles. The van der Waals surface area contributed by atoms with E-state index in [1.54, 1.807) is 31.2 Å². The zero-order chi connectivity index (χ0) is 14.3. The molecule has 2 N–H and O–H groups in total. The van der Waals surface area contributed by atoms with Crippen LogP contribution in [0.4, 0.5) is 4.79 Å². The van der Waals surface area contributed by atoms with Gasteiger partial charge in [0.15, 0.2) is 12.4 Å². The van der Waals surface area contributed by atoms with Crippen molar-refractivity contribution in [2.75, 3.05) is 13.2 Å². The molecule has 0 aliphatic heterocycles. The average molecular weight is 264 g/mol. The predicted molar refractivity (Wildman–Crippen MR) is 69.2 cm³/mol. The minimum Gasteiger partial charge on any atom is -0.484 e. The van der Waals surface area contributed by atoms with Crippen molar-refractivity contribution in [2.24, 2.45) is 0 Å². The summed E-state index contributed by atoms with van der Waals surface area (Å²) in [5, 5.41) is 4.54. The summed E-state index contributed by atoms with van der Waals surface area (Å²) >= 11 is 0. The smallest absolute Gasteiger partial charge is 0.321 e. The second-order valence-corrected chi connectivity index (χ2v) is 3.78. The molecule has 1 aromatic carbocycles. The van der Waals surface area contributed by atoms with Gasteiger partial charge in [0.05, 0.1) is 0 Å². The highest BCUT2D eigenvalue weighted by Crippen LogP contribution is 2.13. The van der Waals surface area contributed by atoms with Crippen molar-refractivity contribution in [1.82, 2.24) is 10.6 Å². The maximum atomic E-state index is 11.4. The number of hydrogen-bond donors (Lipinski definition) is 2. The number of carbonyl (C=O) groups is 3. The SMILES string of the molecule is CCNC(=O)NC(=O)COc1cccc(C(C)=O)c1. The zero-order valence-electron chi connectivity index (χ0n) is 10.9. The molecule has 6 heteroatoms. The van der Waals surface area contributed by atoms with E-state index in [-0.39, 0.29) is 12.4 Å². The molecule has 0 bridgehead atoms. The Morgan fingerprint density at radius 3 is 2.63 bits per heavy atom. The number of urea groups is 1. The molecule has 3 amide bonds. The third-order valence-corrected chi connectivity index (χ3v) is 2.20. The summed E-state index contributed by atoms with van der Waals surface area (Å²) in [6.07, 6.45) is 0. The fraction of sp³-hybridized carbons (Fsp3) is 0.308. The normalized spacial score (nSPS) is 9.58. The van der Waals surface area contributed by atoms with Crippen molar-refractivity contribution in [3.63, 3.8) is 0 Å². The summed E-state index contributed by atoms with van der Waals surface area (Å²) in [4.78, 5) is 33.6. The Hall–Kier alpha value is -2.37. The largest absolute Gasteiger partial charge is 0.484 e. The molecule has 0 aromatic heterocycles. The lowest BCUT2D eigenvalue weighted by Gasteiger charge is -2.07. The van der Waals surface area contributed by atoms with Gasteiger partial charge < -0.3 is 10.1 Å². The van der Waals surface area contributed by atoms with E-state index in [0.717, 1.165) is 0 Å². The van der Waals surface area contributed by atoms with E-state index >= 15 is 0 Å². The number of nitrogens with one attached hydrogen (secondary N) is 2. The molecule has 1 rings (SSSR count). The summed E-state index contributed by atoms with van der Waals surface area (Å²) in [7, 11) is 0. The van der Waals surface area contributed by atoms with Crippen LogP contribution in [0.25, 0.3) is 0 Å². The zero-order valence-corrected chi connectivity index (χ0v) is 10.9. The highest BCUT2D eigenvalue weighted by atomic mass is 16.5. The molecular formula is C13H16N2O4. The van der Waals surface area contributed by atoms with Crippen molar-refractivity contribution < 1.29 is 19.1 Å². The van der Waals surface area contributed by atoms with Crippen LogP contribution in [0.2, 0.25) is 0 Å². The second kappa shape index (κ2) is 7.15. The van der Waals surface area contributed by atoms with Crippen molar-refractivity contribution in [1.29, 1.82) is 0 Å². The quantitative estimate of drug-likeness (QED) is 0.780. The molecule has 0 saturated carbocycles. The van der Waals surface area contributed by atoms with Crippen LogP contribution in [0.1, 0.15) is 24.2 Å². The van der Waals surface area contributed by atoms with Crippen LogP contribution in [-0.2, 0) is 4.79 Å². The highest BCUT2D eigenvalue weighted by molar-refractivity contribution is 5.95. The third-order valence-electron chi connectivity index (χ3n) is 2.20. The Kier molecular flexibility index (Phi) is 5.53. The summed E-state index contributed by atoms with van der Waals surface area (Å²) in [5.74, 6) is -0.241. The number of carbonyl (C=O) groups excluding carboxylic acids is 3. The number of ether oxygens (including phenoxy) is 1. The van der Waals surface area contributed by atoms with Crippen molar-refractivity contribution in [2.45, 2.75) is 13.8 Å². The van der Waals surface area contributed by atoms with Gasteiger partial charge in [-0.15, -0.1) is 0 Å². The van der Waals surface area contributed by atoms with Crippen molar-refractivity contribution in [3.8, 4) is 5.75 Å². The third kappa shape index (κ3) is 5.20. The van der Waals surface area contributed by atoms with E-state index in [0.29, 0.717) is 17.9 Å². The number of Topliss-reactive ketones (excluding diaryl/α,β-unsaturated/α-hetero) is 1. The molecule has 19 heavy (non-hydrogen) atoms. The van der Waals surface area contributed by atoms with Crippen LogP contribution in [0.3, 0.4) is 0 Å². The molecule has 0 spiro atoms. The van der Waals surface area contributed by atoms with E-state index < -0.39 is 11.9 Å². The van der Waals surface area contributed by atoms with E-state index in [9.17, 15) is 14.4 Å². The summed E-state index contributed by atoms with van der Waals surface area (Å²) in [5.41, 5.74) is 0.502. The Morgan fingerprint density at radius 1 is 1.26 bits per heavy atom. The van der Waals surface area contributed by atoms with Gasteiger partial charge in [0.25, 0.3) is 5.91 Å².